The van der Waals surface area contributed by atoms with Gasteiger partial charge in [0.05, 0.1) is 7.11 Å². The first kappa shape index (κ1) is 15.4. The number of ether oxygens (including phenoxy) is 1. The molecule has 1 fully saturated rings. The normalized spacial score (nSPS) is 19.1. The predicted molar refractivity (Wildman–Crippen MR) is 73.5 cm³/mol. The molecule has 4 heteroatoms. The van der Waals surface area contributed by atoms with Crippen LogP contribution in [0.3, 0.4) is 0 Å². The molecule has 18 heavy (non-hydrogen) atoms. The van der Waals surface area contributed by atoms with Gasteiger partial charge >= 0.3 is 5.97 Å². The Morgan fingerprint density at radius 2 is 2.11 bits per heavy atom. The van der Waals surface area contributed by atoms with Crippen molar-refractivity contribution < 1.29 is 9.53 Å². The minimum absolute atomic E-state index is 0.121. The van der Waals surface area contributed by atoms with Crippen molar-refractivity contribution in [2.75, 3.05) is 34.3 Å². The third-order valence-electron chi connectivity index (χ3n) is 3.88. The lowest BCUT2D eigenvalue weighted by Crippen LogP contribution is -2.59. The van der Waals surface area contributed by atoms with E-state index in [0.717, 1.165) is 32.4 Å². The van der Waals surface area contributed by atoms with Gasteiger partial charge in [-0.25, -0.2) is 4.79 Å². The van der Waals surface area contributed by atoms with E-state index in [1.165, 1.54) is 7.11 Å². The predicted octanol–water partition coefficient (Wildman–Crippen LogP) is 1.51. The number of esters is 1. The maximum Gasteiger partial charge on any atom is 0.327 e. The first-order valence-electron chi connectivity index (χ1n) is 6.92. The Bertz CT molecular complexity index is 277. The van der Waals surface area contributed by atoms with Crippen LogP contribution in [-0.2, 0) is 9.53 Å². The SMILES string of the molecule is CNC(CN(C)CCC(C)C)(C(=O)OC)C1CC1. The molecule has 0 radical (unpaired) electrons. The van der Waals surface area contributed by atoms with E-state index < -0.39 is 5.54 Å². The monoisotopic (exact) mass is 256 g/mol. The van der Waals surface area contributed by atoms with Crippen molar-refractivity contribution in [1.82, 2.24) is 10.2 Å². The smallest absolute Gasteiger partial charge is 0.327 e. The van der Waals surface area contributed by atoms with Crippen LogP contribution in [0.15, 0.2) is 0 Å². The molecule has 4 nitrogen and oxygen atoms in total. The minimum Gasteiger partial charge on any atom is -0.468 e. The first-order chi connectivity index (χ1) is 8.46. The minimum atomic E-state index is -0.513. The number of carbonyl (C=O) groups is 1. The van der Waals surface area contributed by atoms with Crippen LogP contribution in [0.2, 0.25) is 0 Å². The molecular formula is C14H28N2O2. The van der Waals surface area contributed by atoms with Gasteiger partial charge in [-0.05, 0) is 51.7 Å². The number of nitrogens with one attached hydrogen (secondary N) is 1. The summed E-state index contributed by atoms with van der Waals surface area (Å²) in [6.07, 6.45) is 3.39. The van der Waals surface area contributed by atoms with Crippen molar-refractivity contribution in [1.29, 1.82) is 0 Å². The summed E-state index contributed by atoms with van der Waals surface area (Å²) in [5.41, 5.74) is -0.513. The maximum atomic E-state index is 12.1. The highest BCUT2D eigenvalue weighted by Gasteiger charge is 2.51. The van der Waals surface area contributed by atoms with Gasteiger partial charge < -0.3 is 15.0 Å². The molecule has 1 saturated carbocycles. The molecule has 0 aromatic heterocycles. The number of hydrogen-bond acceptors (Lipinski definition) is 4. The summed E-state index contributed by atoms with van der Waals surface area (Å²) < 4.78 is 5.01. The highest BCUT2D eigenvalue weighted by Crippen LogP contribution is 2.40. The van der Waals surface area contributed by atoms with E-state index in [4.69, 9.17) is 4.74 Å². The van der Waals surface area contributed by atoms with Crippen molar-refractivity contribution in [3.05, 3.63) is 0 Å². The Labute approximate surface area is 111 Å². The lowest BCUT2D eigenvalue weighted by molar-refractivity contribution is -0.150. The molecule has 1 N–H and O–H groups in total. The second-order valence-electron chi connectivity index (χ2n) is 5.91. The highest BCUT2D eigenvalue weighted by atomic mass is 16.5. The van der Waals surface area contributed by atoms with E-state index in [1.807, 2.05) is 7.05 Å². The Hall–Kier alpha value is -0.610. The van der Waals surface area contributed by atoms with Crippen LogP contribution >= 0.6 is 0 Å². The number of methoxy groups -OCH3 is 1. The Kier molecular flexibility index (Phi) is 5.60. The van der Waals surface area contributed by atoms with E-state index in [-0.39, 0.29) is 5.97 Å². The summed E-state index contributed by atoms with van der Waals surface area (Å²) in [5, 5.41) is 3.23. The average Bonchev–Trinajstić information content (AvgIpc) is 3.17. The van der Waals surface area contributed by atoms with Crippen LogP contribution in [0.25, 0.3) is 0 Å². The standard InChI is InChI=1S/C14H28N2O2/c1-11(2)8-9-16(4)10-14(15-3,12-6-7-12)13(17)18-5/h11-12,15H,6-10H2,1-5H3. The van der Waals surface area contributed by atoms with E-state index in [0.29, 0.717) is 11.8 Å². The Morgan fingerprint density at radius 1 is 1.50 bits per heavy atom. The van der Waals surface area contributed by atoms with Crippen LogP contribution < -0.4 is 5.32 Å². The van der Waals surface area contributed by atoms with Gasteiger partial charge in [-0.1, -0.05) is 13.8 Å². The number of nitrogens with zero attached hydrogens (tertiary/aromatic N) is 1. The molecule has 1 atom stereocenters. The van der Waals surface area contributed by atoms with E-state index in [2.05, 4.69) is 31.1 Å². The van der Waals surface area contributed by atoms with Crippen LogP contribution in [0.5, 0.6) is 0 Å². The zero-order valence-corrected chi connectivity index (χ0v) is 12.5. The molecule has 1 aliphatic carbocycles. The van der Waals surface area contributed by atoms with Crippen molar-refractivity contribution in [2.24, 2.45) is 11.8 Å². The van der Waals surface area contributed by atoms with Gasteiger partial charge in [-0.15, -0.1) is 0 Å². The topological polar surface area (TPSA) is 41.6 Å². The number of likely N-dealkylation sites (N-methyl/N-ethyl adjacent to an activating group) is 2. The van der Waals surface area contributed by atoms with Crippen LogP contribution in [0.1, 0.15) is 33.1 Å². The molecule has 0 bridgehead atoms. The number of carbonyl (C=O) groups excluding carboxylic acids is 1. The Balaban J connectivity index is 2.63. The molecular weight excluding hydrogens is 228 g/mol. The average molecular weight is 256 g/mol. The lowest BCUT2D eigenvalue weighted by Gasteiger charge is -2.35. The van der Waals surface area contributed by atoms with Crippen LogP contribution in [0.4, 0.5) is 0 Å². The van der Waals surface area contributed by atoms with Crippen molar-refractivity contribution in [3.63, 3.8) is 0 Å². The van der Waals surface area contributed by atoms with Gasteiger partial charge in [0.15, 0.2) is 0 Å². The van der Waals surface area contributed by atoms with Crippen LogP contribution in [0, 0.1) is 11.8 Å². The zero-order valence-electron chi connectivity index (χ0n) is 12.5. The van der Waals surface area contributed by atoms with Gasteiger partial charge in [0.2, 0.25) is 0 Å². The second-order valence-corrected chi connectivity index (χ2v) is 5.91. The quantitative estimate of drug-likeness (QED) is 0.668. The summed E-state index contributed by atoms with van der Waals surface area (Å²) in [5.74, 6) is 0.996. The van der Waals surface area contributed by atoms with Gasteiger partial charge in [0, 0.05) is 6.54 Å². The fourth-order valence-corrected chi connectivity index (χ4v) is 2.49. The molecule has 0 amide bonds. The summed E-state index contributed by atoms with van der Waals surface area (Å²) in [6.45, 7) is 6.19. The van der Waals surface area contributed by atoms with E-state index >= 15 is 0 Å². The molecule has 0 heterocycles. The highest BCUT2D eigenvalue weighted by molar-refractivity contribution is 5.82. The van der Waals surface area contributed by atoms with E-state index in [1.54, 1.807) is 0 Å². The van der Waals surface area contributed by atoms with Crippen LogP contribution in [-0.4, -0.2) is 50.7 Å². The lowest BCUT2D eigenvalue weighted by atomic mass is 9.92. The second kappa shape index (κ2) is 6.53. The molecule has 0 saturated heterocycles. The molecule has 0 aromatic carbocycles. The third kappa shape index (κ3) is 3.69. The number of rotatable bonds is 8. The first-order valence-corrected chi connectivity index (χ1v) is 6.92. The largest absolute Gasteiger partial charge is 0.468 e. The number of hydrogen-bond donors (Lipinski definition) is 1. The molecule has 0 aliphatic heterocycles. The van der Waals surface area contributed by atoms with Gasteiger partial charge in [0.25, 0.3) is 0 Å². The summed E-state index contributed by atoms with van der Waals surface area (Å²) >= 11 is 0. The summed E-state index contributed by atoms with van der Waals surface area (Å²) in [4.78, 5) is 14.4. The third-order valence-corrected chi connectivity index (χ3v) is 3.88. The molecule has 1 unspecified atom stereocenters. The van der Waals surface area contributed by atoms with Crippen molar-refractivity contribution >= 4 is 5.97 Å². The van der Waals surface area contributed by atoms with Gasteiger partial charge in [-0.2, -0.15) is 0 Å². The van der Waals surface area contributed by atoms with E-state index in [9.17, 15) is 4.79 Å². The fourth-order valence-electron chi connectivity index (χ4n) is 2.49. The Morgan fingerprint density at radius 3 is 2.50 bits per heavy atom. The summed E-state index contributed by atoms with van der Waals surface area (Å²) in [7, 11) is 5.43. The molecule has 1 aliphatic rings. The van der Waals surface area contributed by atoms with Crippen molar-refractivity contribution in [2.45, 2.75) is 38.6 Å². The van der Waals surface area contributed by atoms with Gasteiger partial charge in [0.1, 0.15) is 5.54 Å². The molecule has 0 spiro atoms. The zero-order chi connectivity index (χ0) is 13.8. The molecule has 1 rings (SSSR count). The van der Waals surface area contributed by atoms with Gasteiger partial charge in [-0.3, -0.25) is 0 Å². The molecule has 0 aromatic rings. The molecule has 106 valence electrons. The van der Waals surface area contributed by atoms with Crippen molar-refractivity contribution in [3.8, 4) is 0 Å². The summed E-state index contributed by atoms with van der Waals surface area (Å²) in [6, 6.07) is 0. The maximum absolute atomic E-state index is 12.1. The fraction of sp³-hybridized carbons (Fsp3) is 0.929.